The number of carbonyl (C=O) groups is 1. The highest BCUT2D eigenvalue weighted by Gasteiger charge is 2.19. The summed E-state index contributed by atoms with van der Waals surface area (Å²) in [4.78, 5) is 11.0. The van der Waals surface area contributed by atoms with Crippen molar-refractivity contribution in [2.24, 2.45) is 5.92 Å². The molecule has 2 nitrogen and oxygen atoms in total. The van der Waals surface area contributed by atoms with E-state index in [-0.39, 0.29) is 17.5 Å². The van der Waals surface area contributed by atoms with E-state index in [9.17, 15) is 9.18 Å². The average Bonchev–Trinajstić information content (AvgIpc) is 2.70. The summed E-state index contributed by atoms with van der Waals surface area (Å²) in [7, 11) is 0. The van der Waals surface area contributed by atoms with E-state index in [1.165, 1.54) is 19.1 Å². The summed E-state index contributed by atoms with van der Waals surface area (Å²) in [6.45, 7) is 2.03. The molecule has 0 fully saturated rings. The van der Waals surface area contributed by atoms with E-state index in [0.717, 1.165) is 12.0 Å². The molecule has 1 aromatic rings. The number of ketones is 1. The predicted octanol–water partition coefficient (Wildman–Crippen LogP) is 2.49. The van der Waals surface area contributed by atoms with Crippen LogP contribution in [-0.2, 0) is 16.0 Å². The van der Waals surface area contributed by atoms with E-state index in [1.807, 2.05) is 6.08 Å². The zero-order valence-electron chi connectivity index (χ0n) is 9.07. The number of halogens is 1. The Bertz CT molecular complexity index is 420. The molecule has 2 rings (SSSR count). The van der Waals surface area contributed by atoms with Crippen molar-refractivity contribution in [2.75, 3.05) is 6.61 Å². The fourth-order valence-corrected chi connectivity index (χ4v) is 1.77. The molecule has 0 aromatic heterocycles. The lowest BCUT2D eigenvalue weighted by molar-refractivity contribution is -0.116. The SMILES string of the molecule is CC(=O)C1=CC(Cc2ccc(F)cc2)CO1. The van der Waals surface area contributed by atoms with Crippen LogP contribution in [0.3, 0.4) is 0 Å². The van der Waals surface area contributed by atoms with Crippen molar-refractivity contribution in [3.05, 3.63) is 47.5 Å². The monoisotopic (exact) mass is 220 g/mol. The Morgan fingerprint density at radius 2 is 2.12 bits per heavy atom. The predicted molar refractivity (Wildman–Crippen MR) is 58.3 cm³/mol. The smallest absolute Gasteiger partial charge is 0.193 e. The summed E-state index contributed by atoms with van der Waals surface area (Å²) in [5.41, 5.74) is 1.05. The van der Waals surface area contributed by atoms with E-state index in [1.54, 1.807) is 12.1 Å². The summed E-state index contributed by atoms with van der Waals surface area (Å²) in [5, 5.41) is 0. The second-order valence-corrected chi connectivity index (χ2v) is 3.99. The van der Waals surface area contributed by atoms with Crippen LogP contribution in [0.25, 0.3) is 0 Å². The number of hydrogen-bond acceptors (Lipinski definition) is 2. The van der Waals surface area contributed by atoms with Gasteiger partial charge in [-0.25, -0.2) is 4.39 Å². The standard InChI is InChI=1S/C13H13FO2/c1-9(15)13-7-11(8-16-13)6-10-2-4-12(14)5-3-10/h2-5,7,11H,6,8H2,1H3. The second-order valence-electron chi connectivity index (χ2n) is 3.99. The van der Waals surface area contributed by atoms with Gasteiger partial charge in [0.25, 0.3) is 0 Å². The molecule has 1 heterocycles. The number of ether oxygens (including phenoxy) is 1. The highest BCUT2D eigenvalue weighted by molar-refractivity contribution is 5.91. The first-order chi connectivity index (χ1) is 7.65. The van der Waals surface area contributed by atoms with Crippen LogP contribution >= 0.6 is 0 Å². The molecule has 0 saturated carbocycles. The van der Waals surface area contributed by atoms with E-state index in [2.05, 4.69) is 0 Å². The van der Waals surface area contributed by atoms with Crippen LogP contribution in [0.15, 0.2) is 36.1 Å². The average molecular weight is 220 g/mol. The molecule has 3 heteroatoms. The summed E-state index contributed by atoms with van der Waals surface area (Å²) in [6.07, 6.45) is 2.63. The molecule has 1 unspecified atom stereocenters. The minimum absolute atomic E-state index is 0.0402. The number of Topliss-reactive ketones (excluding diaryl/α,β-unsaturated/α-hetero) is 1. The van der Waals surface area contributed by atoms with E-state index < -0.39 is 0 Å². The molecular formula is C13H13FO2. The van der Waals surface area contributed by atoms with Crippen molar-refractivity contribution in [2.45, 2.75) is 13.3 Å². The summed E-state index contributed by atoms with van der Waals surface area (Å²) < 4.78 is 17.9. The fourth-order valence-electron chi connectivity index (χ4n) is 1.77. The van der Waals surface area contributed by atoms with Gasteiger partial charge in [0.1, 0.15) is 5.82 Å². The third kappa shape index (κ3) is 2.48. The molecule has 0 saturated heterocycles. The van der Waals surface area contributed by atoms with Crippen molar-refractivity contribution in [1.82, 2.24) is 0 Å². The Kier molecular flexibility index (Phi) is 3.04. The Hall–Kier alpha value is -1.64. The van der Waals surface area contributed by atoms with Crippen molar-refractivity contribution in [1.29, 1.82) is 0 Å². The maximum atomic E-state index is 12.7. The molecule has 1 aromatic carbocycles. The molecule has 84 valence electrons. The van der Waals surface area contributed by atoms with Crippen LogP contribution < -0.4 is 0 Å². The minimum Gasteiger partial charge on any atom is -0.490 e. The van der Waals surface area contributed by atoms with Crippen LogP contribution in [0.5, 0.6) is 0 Å². The molecule has 1 aliphatic rings. The zero-order chi connectivity index (χ0) is 11.5. The largest absolute Gasteiger partial charge is 0.490 e. The maximum Gasteiger partial charge on any atom is 0.193 e. The number of hydrogen-bond donors (Lipinski definition) is 0. The molecule has 0 spiro atoms. The molecule has 1 atom stereocenters. The van der Waals surface area contributed by atoms with Gasteiger partial charge >= 0.3 is 0 Å². The van der Waals surface area contributed by atoms with Gasteiger partial charge in [0.05, 0.1) is 6.61 Å². The highest BCUT2D eigenvalue weighted by atomic mass is 19.1. The Labute approximate surface area is 93.7 Å². The van der Waals surface area contributed by atoms with Crippen LogP contribution in [-0.4, -0.2) is 12.4 Å². The molecule has 16 heavy (non-hydrogen) atoms. The van der Waals surface area contributed by atoms with Gasteiger partial charge in [-0.1, -0.05) is 12.1 Å². The third-order valence-corrected chi connectivity index (χ3v) is 2.60. The number of carbonyl (C=O) groups excluding carboxylic acids is 1. The van der Waals surface area contributed by atoms with Crippen LogP contribution in [0.1, 0.15) is 12.5 Å². The van der Waals surface area contributed by atoms with Crippen molar-refractivity contribution in [3.63, 3.8) is 0 Å². The van der Waals surface area contributed by atoms with Gasteiger partial charge in [0.15, 0.2) is 11.5 Å². The van der Waals surface area contributed by atoms with Crippen LogP contribution in [0, 0.1) is 11.7 Å². The first-order valence-electron chi connectivity index (χ1n) is 5.25. The summed E-state index contributed by atoms with van der Waals surface area (Å²) >= 11 is 0. The molecule has 0 N–H and O–H groups in total. The van der Waals surface area contributed by atoms with Crippen LogP contribution in [0.2, 0.25) is 0 Å². The van der Waals surface area contributed by atoms with E-state index >= 15 is 0 Å². The Balaban J connectivity index is 2.01. The van der Waals surface area contributed by atoms with Crippen LogP contribution in [0.4, 0.5) is 4.39 Å². The Morgan fingerprint density at radius 1 is 1.44 bits per heavy atom. The molecule has 1 aliphatic heterocycles. The lowest BCUT2D eigenvalue weighted by atomic mass is 10.0. The first-order valence-corrected chi connectivity index (χ1v) is 5.25. The number of allylic oxidation sites excluding steroid dienone is 1. The lowest BCUT2D eigenvalue weighted by Crippen LogP contribution is -2.03. The highest BCUT2D eigenvalue weighted by Crippen LogP contribution is 2.20. The first kappa shape index (κ1) is 10.9. The van der Waals surface area contributed by atoms with Gasteiger partial charge in [0.2, 0.25) is 0 Å². The normalized spacial score (nSPS) is 19.1. The van der Waals surface area contributed by atoms with Gasteiger partial charge in [-0.2, -0.15) is 0 Å². The Morgan fingerprint density at radius 3 is 2.69 bits per heavy atom. The van der Waals surface area contributed by atoms with E-state index in [4.69, 9.17) is 4.74 Å². The van der Waals surface area contributed by atoms with Gasteiger partial charge < -0.3 is 4.74 Å². The third-order valence-electron chi connectivity index (χ3n) is 2.60. The minimum atomic E-state index is -0.230. The van der Waals surface area contributed by atoms with Gasteiger partial charge in [0, 0.05) is 12.8 Å². The maximum absolute atomic E-state index is 12.7. The second kappa shape index (κ2) is 4.47. The lowest BCUT2D eigenvalue weighted by Gasteiger charge is -2.05. The number of rotatable bonds is 3. The fraction of sp³-hybridized carbons (Fsp3) is 0.308. The van der Waals surface area contributed by atoms with Gasteiger partial charge in [-0.15, -0.1) is 0 Å². The van der Waals surface area contributed by atoms with Crippen molar-refractivity contribution >= 4 is 5.78 Å². The van der Waals surface area contributed by atoms with Crippen molar-refractivity contribution < 1.29 is 13.9 Å². The zero-order valence-corrected chi connectivity index (χ0v) is 9.07. The summed E-state index contributed by atoms with van der Waals surface area (Å²) in [5.74, 6) is 0.393. The number of benzene rings is 1. The van der Waals surface area contributed by atoms with Gasteiger partial charge in [-0.05, 0) is 30.2 Å². The quantitative estimate of drug-likeness (QED) is 0.782. The molecular weight excluding hydrogens is 207 g/mol. The molecule has 0 bridgehead atoms. The van der Waals surface area contributed by atoms with E-state index in [0.29, 0.717) is 12.4 Å². The topological polar surface area (TPSA) is 26.3 Å². The molecule has 0 amide bonds. The molecule has 0 aliphatic carbocycles. The molecule has 0 radical (unpaired) electrons. The summed E-state index contributed by atoms with van der Waals surface area (Å²) in [6, 6.07) is 6.41. The van der Waals surface area contributed by atoms with Gasteiger partial charge in [-0.3, -0.25) is 4.79 Å². The van der Waals surface area contributed by atoms with Crippen molar-refractivity contribution in [3.8, 4) is 0 Å².